The van der Waals surface area contributed by atoms with Crippen LogP contribution in [-0.2, 0) is 0 Å². The van der Waals surface area contributed by atoms with Gasteiger partial charge < -0.3 is 15.0 Å². The van der Waals surface area contributed by atoms with Gasteiger partial charge in [0.1, 0.15) is 18.1 Å². The fourth-order valence-corrected chi connectivity index (χ4v) is 2.47. The standard InChI is InChI=1S/C17H12F5N3O2/c18-16(19)27-11-4-1-9(2-5-11)13-14-10(7-23-15(13)26)3-6-12(25-14)24-8-17(20,21)22/h1-7,16H,8H2,(H,23,26)(H,24,25). The van der Waals surface area contributed by atoms with Gasteiger partial charge in [-0.3, -0.25) is 4.79 Å². The van der Waals surface area contributed by atoms with E-state index in [0.717, 1.165) is 0 Å². The van der Waals surface area contributed by atoms with Crippen molar-refractivity contribution in [2.45, 2.75) is 12.8 Å². The summed E-state index contributed by atoms with van der Waals surface area (Å²) in [7, 11) is 0. The highest BCUT2D eigenvalue weighted by atomic mass is 19.4. The first kappa shape index (κ1) is 18.6. The van der Waals surface area contributed by atoms with Crippen LogP contribution in [-0.4, -0.2) is 29.3 Å². The van der Waals surface area contributed by atoms with Gasteiger partial charge in [-0.1, -0.05) is 12.1 Å². The van der Waals surface area contributed by atoms with Crippen LogP contribution in [0.2, 0.25) is 0 Å². The molecule has 2 aromatic heterocycles. The molecule has 1 aromatic carbocycles. The first-order valence-corrected chi connectivity index (χ1v) is 7.61. The smallest absolute Gasteiger partial charge is 0.405 e. The van der Waals surface area contributed by atoms with Gasteiger partial charge in [-0.25, -0.2) is 4.98 Å². The zero-order valence-electron chi connectivity index (χ0n) is 13.5. The summed E-state index contributed by atoms with van der Waals surface area (Å²) >= 11 is 0. The molecule has 0 saturated carbocycles. The van der Waals surface area contributed by atoms with Gasteiger partial charge >= 0.3 is 12.8 Å². The van der Waals surface area contributed by atoms with Crippen LogP contribution in [0, 0.1) is 0 Å². The Kier molecular flexibility index (Phi) is 4.98. The minimum atomic E-state index is -4.42. The molecule has 0 aliphatic heterocycles. The van der Waals surface area contributed by atoms with Crippen LogP contribution in [0.25, 0.3) is 22.0 Å². The highest BCUT2D eigenvalue weighted by Crippen LogP contribution is 2.27. The van der Waals surface area contributed by atoms with Crippen LogP contribution in [0.15, 0.2) is 47.4 Å². The Balaban J connectivity index is 2.03. The molecule has 0 saturated heterocycles. The number of hydrogen-bond acceptors (Lipinski definition) is 4. The van der Waals surface area contributed by atoms with Crippen molar-refractivity contribution in [3.63, 3.8) is 0 Å². The van der Waals surface area contributed by atoms with Gasteiger partial charge in [0, 0.05) is 11.6 Å². The third-order valence-corrected chi connectivity index (χ3v) is 3.59. The number of benzene rings is 1. The van der Waals surface area contributed by atoms with E-state index in [4.69, 9.17) is 0 Å². The summed E-state index contributed by atoms with van der Waals surface area (Å²) < 4.78 is 65.9. The van der Waals surface area contributed by atoms with Crippen molar-refractivity contribution in [1.29, 1.82) is 0 Å². The van der Waals surface area contributed by atoms with E-state index in [1.807, 2.05) is 0 Å². The second-order valence-electron chi connectivity index (χ2n) is 5.50. The minimum absolute atomic E-state index is 0.0515. The van der Waals surface area contributed by atoms with Crippen molar-refractivity contribution in [2.24, 2.45) is 0 Å². The molecule has 0 aliphatic rings. The van der Waals surface area contributed by atoms with E-state index in [0.29, 0.717) is 10.9 Å². The number of fused-ring (bicyclic) bond motifs is 1. The maximum atomic E-state index is 12.4. The van der Waals surface area contributed by atoms with Crippen LogP contribution in [0.4, 0.5) is 27.8 Å². The molecule has 3 rings (SSSR count). The van der Waals surface area contributed by atoms with Crippen LogP contribution >= 0.6 is 0 Å². The lowest BCUT2D eigenvalue weighted by Gasteiger charge is -2.11. The van der Waals surface area contributed by atoms with E-state index in [2.05, 4.69) is 20.0 Å². The molecule has 2 N–H and O–H groups in total. The van der Waals surface area contributed by atoms with E-state index in [9.17, 15) is 26.7 Å². The maximum absolute atomic E-state index is 12.4. The van der Waals surface area contributed by atoms with E-state index in [-0.39, 0.29) is 22.6 Å². The number of pyridine rings is 2. The molecular weight excluding hydrogens is 373 g/mol. The Morgan fingerprint density at radius 3 is 2.44 bits per heavy atom. The average Bonchev–Trinajstić information content (AvgIpc) is 2.59. The quantitative estimate of drug-likeness (QED) is 0.647. The predicted molar refractivity (Wildman–Crippen MR) is 89.0 cm³/mol. The molecule has 0 radical (unpaired) electrons. The molecule has 3 aromatic rings. The van der Waals surface area contributed by atoms with Crippen molar-refractivity contribution >= 4 is 16.7 Å². The molecule has 0 aliphatic carbocycles. The molecule has 27 heavy (non-hydrogen) atoms. The van der Waals surface area contributed by atoms with Crippen molar-refractivity contribution in [3.05, 3.63) is 52.9 Å². The topological polar surface area (TPSA) is 67.0 Å². The molecule has 0 atom stereocenters. The summed E-state index contributed by atoms with van der Waals surface area (Å²) in [4.78, 5) is 18.9. The number of hydrogen-bond donors (Lipinski definition) is 2. The molecule has 0 fully saturated rings. The van der Waals surface area contributed by atoms with Gasteiger partial charge in [0.2, 0.25) is 0 Å². The van der Waals surface area contributed by atoms with Crippen LogP contribution in [0.3, 0.4) is 0 Å². The van der Waals surface area contributed by atoms with Gasteiger partial charge in [-0.05, 0) is 29.8 Å². The largest absolute Gasteiger partial charge is 0.435 e. The number of aromatic nitrogens is 2. The number of nitrogens with one attached hydrogen (secondary N) is 2. The lowest BCUT2D eigenvalue weighted by molar-refractivity contribution is -0.115. The molecule has 0 bridgehead atoms. The van der Waals surface area contributed by atoms with Gasteiger partial charge in [-0.15, -0.1) is 0 Å². The van der Waals surface area contributed by atoms with Crippen LogP contribution in [0.5, 0.6) is 5.75 Å². The number of aromatic amines is 1. The molecule has 5 nitrogen and oxygen atoms in total. The predicted octanol–water partition coefficient (Wildman–Crippen LogP) is 4.17. The third kappa shape index (κ3) is 4.52. The molecule has 0 amide bonds. The zero-order chi connectivity index (χ0) is 19.6. The second kappa shape index (κ2) is 7.22. The summed E-state index contributed by atoms with van der Waals surface area (Å²) in [6.07, 6.45) is -3.04. The Labute approximate surface area is 148 Å². The third-order valence-electron chi connectivity index (χ3n) is 3.59. The highest BCUT2D eigenvalue weighted by molar-refractivity contribution is 5.93. The van der Waals surface area contributed by atoms with Crippen molar-refractivity contribution < 1.29 is 26.7 Å². The van der Waals surface area contributed by atoms with Crippen molar-refractivity contribution in [2.75, 3.05) is 11.9 Å². The number of H-pyrrole nitrogens is 1. The zero-order valence-corrected chi connectivity index (χ0v) is 13.5. The molecule has 2 heterocycles. The monoisotopic (exact) mass is 385 g/mol. The first-order chi connectivity index (χ1) is 12.7. The Bertz CT molecular complexity index is 1000. The average molecular weight is 385 g/mol. The highest BCUT2D eigenvalue weighted by Gasteiger charge is 2.26. The Morgan fingerprint density at radius 1 is 1.11 bits per heavy atom. The number of nitrogens with zero attached hydrogens (tertiary/aromatic N) is 1. The van der Waals surface area contributed by atoms with E-state index >= 15 is 0 Å². The molecule has 0 spiro atoms. The normalized spacial score (nSPS) is 11.8. The maximum Gasteiger partial charge on any atom is 0.405 e. The summed E-state index contributed by atoms with van der Waals surface area (Å²) in [5, 5.41) is 2.65. The van der Waals surface area contributed by atoms with E-state index < -0.39 is 24.9 Å². The Hall–Kier alpha value is -3.17. The van der Waals surface area contributed by atoms with Crippen LogP contribution < -0.4 is 15.6 Å². The van der Waals surface area contributed by atoms with Gasteiger partial charge in [0.05, 0.1) is 11.1 Å². The van der Waals surface area contributed by atoms with Crippen molar-refractivity contribution in [3.8, 4) is 16.9 Å². The number of ether oxygens (including phenoxy) is 1. The summed E-state index contributed by atoms with van der Waals surface area (Å²) in [6, 6.07) is 8.15. The van der Waals surface area contributed by atoms with Crippen LogP contribution in [0.1, 0.15) is 0 Å². The number of rotatable bonds is 5. The molecular formula is C17H12F5N3O2. The molecule has 0 unspecified atom stereocenters. The van der Waals surface area contributed by atoms with Gasteiger partial charge in [0.25, 0.3) is 5.56 Å². The molecule has 10 heteroatoms. The van der Waals surface area contributed by atoms with Gasteiger partial charge in [-0.2, -0.15) is 22.0 Å². The second-order valence-corrected chi connectivity index (χ2v) is 5.50. The van der Waals surface area contributed by atoms with Crippen molar-refractivity contribution in [1.82, 2.24) is 9.97 Å². The van der Waals surface area contributed by atoms with E-state index in [1.54, 1.807) is 0 Å². The summed E-state index contributed by atoms with van der Waals surface area (Å²) in [5.74, 6) is -0.143. The Morgan fingerprint density at radius 2 is 1.81 bits per heavy atom. The number of anilines is 1. The fraction of sp³-hybridized carbons (Fsp3) is 0.176. The molecule has 142 valence electrons. The summed E-state index contributed by atoms with van der Waals surface area (Å²) in [5.41, 5.74) is 0.106. The first-order valence-electron chi connectivity index (χ1n) is 7.61. The SMILES string of the molecule is O=c1[nH]cc2ccc(NCC(F)(F)F)nc2c1-c1ccc(OC(F)F)cc1. The lowest BCUT2D eigenvalue weighted by atomic mass is 10.0. The lowest BCUT2D eigenvalue weighted by Crippen LogP contribution is -2.21. The fourth-order valence-electron chi connectivity index (χ4n) is 2.47. The van der Waals surface area contributed by atoms with Gasteiger partial charge in [0.15, 0.2) is 0 Å². The summed E-state index contributed by atoms with van der Waals surface area (Å²) in [6.45, 7) is -4.26. The number of alkyl halides is 5. The minimum Gasteiger partial charge on any atom is -0.435 e. The van der Waals surface area contributed by atoms with E-state index in [1.165, 1.54) is 42.6 Å². The number of halogens is 5.